The molecule has 4 N–H and O–H groups in total. The van der Waals surface area contributed by atoms with Gasteiger partial charge in [0.05, 0.1) is 11.5 Å². The summed E-state index contributed by atoms with van der Waals surface area (Å²) in [6.07, 6.45) is 2.05. The monoisotopic (exact) mass is 263 g/mol. The molecule has 100 valence electrons. The molecule has 0 aliphatic carbocycles. The SMILES string of the molecule is NCCCNC(=O)NCC1CCS(=O)(=O)CC1. The minimum Gasteiger partial charge on any atom is -0.338 e. The number of nitrogens with two attached hydrogens (primary N) is 1. The van der Waals surface area contributed by atoms with Gasteiger partial charge in [-0.25, -0.2) is 13.2 Å². The van der Waals surface area contributed by atoms with Gasteiger partial charge < -0.3 is 16.4 Å². The van der Waals surface area contributed by atoms with Crippen LogP contribution in [0.25, 0.3) is 0 Å². The van der Waals surface area contributed by atoms with E-state index in [0.717, 1.165) is 6.42 Å². The normalized spacial score (nSPS) is 19.8. The molecule has 17 heavy (non-hydrogen) atoms. The molecule has 1 rings (SSSR count). The molecule has 6 nitrogen and oxygen atoms in total. The maximum absolute atomic E-state index is 11.3. The number of carbonyl (C=O) groups is 1. The molecule has 0 atom stereocenters. The minimum atomic E-state index is -2.81. The first-order chi connectivity index (χ1) is 8.03. The fourth-order valence-corrected chi connectivity index (χ4v) is 3.34. The van der Waals surface area contributed by atoms with Gasteiger partial charge in [-0.1, -0.05) is 0 Å². The van der Waals surface area contributed by atoms with Gasteiger partial charge >= 0.3 is 6.03 Å². The molecule has 0 saturated carbocycles. The van der Waals surface area contributed by atoms with Crippen molar-refractivity contribution in [3.63, 3.8) is 0 Å². The molecule has 0 spiro atoms. The first-order valence-corrected chi connectivity index (χ1v) is 7.78. The fraction of sp³-hybridized carbons (Fsp3) is 0.900. The van der Waals surface area contributed by atoms with Gasteiger partial charge in [0.2, 0.25) is 0 Å². The number of sulfone groups is 1. The molecular formula is C10H21N3O3S. The Morgan fingerprint density at radius 3 is 2.47 bits per heavy atom. The highest BCUT2D eigenvalue weighted by Crippen LogP contribution is 2.17. The molecular weight excluding hydrogens is 242 g/mol. The summed E-state index contributed by atoms with van der Waals surface area (Å²) in [5, 5.41) is 5.44. The van der Waals surface area contributed by atoms with Gasteiger partial charge in [-0.2, -0.15) is 0 Å². The van der Waals surface area contributed by atoms with E-state index in [1.807, 2.05) is 0 Å². The number of carbonyl (C=O) groups excluding carboxylic acids is 1. The molecule has 2 amide bonds. The third-order valence-corrected chi connectivity index (χ3v) is 4.61. The van der Waals surface area contributed by atoms with Crippen LogP contribution in [0.2, 0.25) is 0 Å². The van der Waals surface area contributed by atoms with Gasteiger partial charge in [-0.15, -0.1) is 0 Å². The number of nitrogens with one attached hydrogen (secondary N) is 2. The quantitative estimate of drug-likeness (QED) is 0.580. The Bertz CT molecular complexity index is 329. The molecule has 0 unspecified atom stereocenters. The zero-order valence-corrected chi connectivity index (χ0v) is 10.8. The van der Waals surface area contributed by atoms with Crippen molar-refractivity contribution in [3.05, 3.63) is 0 Å². The zero-order chi connectivity index (χ0) is 12.7. The van der Waals surface area contributed by atoms with Gasteiger partial charge in [0.15, 0.2) is 0 Å². The van der Waals surface area contributed by atoms with Crippen LogP contribution in [0.4, 0.5) is 4.79 Å². The first kappa shape index (κ1) is 14.2. The highest BCUT2D eigenvalue weighted by molar-refractivity contribution is 7.91. The highest BCUT2D eigenvalue weighted by atomic mass is 32.2. The van der Waals surface area contributed by atoms with E-state index in [-0.39, 0.29) is 23.5 Å². The van der Waals surface area contributed by atoms with Crippen LogP contribution in [0.5, 0.6) is 0 Å². The Morgan fingerprint density at radius 1 is 1.24 bits per heavy atom. The van der Waals surface area contributed by atoms with E-state index in [0.29, 0.717) is 32.5 Å². The van der Waals surface area contributed by atoms with Crippen molar-refractivity contribution in [2.24, 2.45) is 11.7 Å². The van der Waals surface area contributed by atoms with Crippen molar-refractivity contribution in [2.75, 3.05) is 31.1 Å². The summed E-state index contributed by atoms with van der Waals surface area (Å²) in [7, 11) is -2.81. The molecule has 0 aromatic carbocycles. The third-order valence-electron chi connectivity index (χ3n) is 2.89. The number of urea groups is 1. The zero-order valence-electron chi connectivity index (χ0n) is 9.94. The molecule has 1 saturated heterocycles. The molecule has 0 aromatic rings. The van der Waals surface area contributed by atoms with E-state index < -0.39 is 9.84 Å². The van der Waals surface area contributed by atoms with Crippen LogP contribution in [0, 0.1) is 5.92 Å². The van der Waals surface area contributed by atoms with Gasteiger partial charge in [0.25, 0.3) is 0 Å². The third kappa shape index (κ3) is 5.88. The van der Waals surface area contributed by atoms with Crippen molar-refractivity contribution in [3.8, 4) is 0 Å². The van der Waals surface area contributed by atoms with E-state index in [9.17, 15) is 13.2 Å². The first-order valence-electron chi connectivity index (χ1n) is 5.95. The maximum Gasteiger partial charge on any atom is 0.314 e. The number of rotatable bonds is 5. The lowest BCUT2D eigenvalue weighted by Gasteiger charge is -2.22. The van der Waals surface area contributed by atoms with Crippen LogP contribution in [-0.2, 0) is 9.84 Å². The minimum absolute atomic E-state index is 0.202. The molecule has 1 fully saturated rings. The lowest BCUT2D eigenvalue weighted by Crippen LogP contribution is -2.40. The summed E-state index contributed by atoms with van der Waals surface area (Å²) in [5.41, 5.74) is 5.30. The molecule has 0 aromatic heterocycles. The van der Waals surface area contributed by atoms with Gasteiger partial charge in [-0.05, 0) is 31.7 Å². The van der Waals surface area contributed by atoms with Crippen LogP contribution in [0.1, 0.15) is 19.3 Å². The summed E-state index contributed by atoms with van der Waals surface area (Å²) in [6, 6.07) is -0.202. The topological polar surface area (TPSA) is 101 Å². The number of hydrogen-bond donors (Lipinski definition) is 3. The van der Waals surface area contributed by atoms with E-state index in [1.54, 1.807) is 0 Å². The predicted molar refractivity (Wildman–Crippen MR) is 66.5 cm³/mol. The Kier molecular flexibility index (Phi) is 5.70. The molecule has 0 bridgehead atoms. The van der Waals surface area contributed by atoms with Crippen molar-refractivity contribution >= 4 is 15.9 Å². The van der Waals surface area contributed by atoms with Crippen molar-refractivity contribution < 1.29 is 13.2 Å². The Morgan fingerprint density at radius 2 is 1.88 bits per heavy atom. The summed E-state index contributed by atoms with van der Waals surface area (Å²) in [5.74, 6) is 0.765. The van der Waals surface area contributed by atoms with Crippen LogP contribution in [-0.4, -0.2) is 45.6 Å². The average Bonchev–Trinajstić information content (AvgIpc) is 2.28. The second kappa shape index (κ2) is 6.80. The molecule has 7 heteroatoms. The molecule has 1 aliphatic heterocycles. The molecule has 1 aliphatic rings. The van der Waals surface area contributed by atoms with E-state index in [2.05, 4.69) is 10.6 Å². The summed E-state index contributed by atoms with van der Waals surface area (Å²) >= 11 is 0. The van der Waals surface area contributed by atoms with Crippen LogP contribution >= 0.6 is 0 Å². The maximum atomic E-state index is 11.3. The van der Waals surface area contributed by atoms with Gasteiger partial charge in [0.1, 0.15) is 9.84 Å². The van der Waals surface area contributed by atoms with E-state index in [1.165, 1.54) is 0 Å². The number of amides is 2. The van der Waals surface area contributed by atoms with Gasteiger partial charge in [-0.3, -0.25) is 0 Å². The van der Waals surface area contributed by atoms with Crippen LogP contribution < -0.4 is 16.4 Å². The standard InChI is InChI=1S/C10H21N3O3S/c11-4-1-5-12-10(14)13-8-9-2-6-17(15,16)7-3-9/h9H,1-8,11H2,(H2,12,13,14). The highest BCUT2D eigenvalue weighted by Gasteiger charge is 2.23. The van der Waals surface area contributed by atoms with Crippen molar-refractivity contribution in [2.45, 2.75) is 19.3 Å². The number of hydrogen-bond acceptors (Lipinski definition) is 4. The average molecular weight is 263 g/mol. The smallest absolute Gasteiger partial charge is 0.314 e. The molecule has 1 heterocycles. The van der Waals surface area contributed by atoms with Gasteiger partial charge in [0, 0.05) is 13.1 Å². The Labute approximate surface area is 102 Å². The predicted octanol–water partition coefficient (Wildman–Crippen LogP) is -0.541. The van der Waals surface area contributed by atoms with E-state index >= 15 is 0 Å². The fourth-order valence-electron chi connectivity index (χ4n) is 1.75. The lowest BCUT2D eigenvalue weighted by molar-refractivity contribution is 0.238. The second-order valence-electron chi connectivity index (χ2n) is 4.37. The summed E-state index contributed by atoms with van der Waals surface area (Å²) in [4.78, 5) is 11.3. The molecule has 0 radical (unpaired) electrons. The van der Waals surface area contributed by atoms with Crippen LogP contribution in [0.15, 0.2) is 0 Å². The largest absolute Gasteiger partial charge is 0.338 e. The van der Waals surface area contributed by atoms with Crippen molar-refractivity contribution in [1.29, 1.82) is 0 Å². The summed E-state index contributed by atoms with van der Waals surface area (Å²) < 4.78 is 22.4. The van der Waals surface area contributed by atoms with E-state index in [4.69, 9.17) is 5.73 Å². The summed E-state index contributed by atoms with van der Waals surface area (Å²) in [6.45, 7) is 1.67. The lowest BCUT2D eigenvalue weighted by atomic mass is 10.0. The Hall–Kier alpha value is -0.820. The Balaban J connectivity index is 2.13. The van der Waals surface area contributed by atoms with Crippen molar-refractivity contribution in [1.82, 2.24) is 10.6 Å². The van der Waals surface area contributed by atoms with Crippen LogP contribution in [0.3, 0.4) is 0 Å². The second-order valence-corrected chi connectivity index (χ2v) is 6.68.